The highest BCUT2D eigenvalue weighted by atomic mass is 16.6. The molecule has 1 heterocycles. The average Bonchev–Trinajstić information content (AvgIpc) is 2.61. The molecule has 0 amide bonds. The molecule has 2 aromatic rings. The fourth-order valence-electron chi connectivity index (χ4n) is 2.56. The number of phenols is 2. The lowest BCUT2D eigenvalue weighted by atomic mass is 10.0. The van der Waals surface area contributed by atoms with Crippen LogP contribution in [-0.2, 0) is 4.79 Å². The number of benzene rings is 2. The topological polar surface area (TPSA) is 116 Å². The minimum atomic E-state index is -1.06. The summed E-state index contributed by atoms with van der Waals surface area (Å²) in [5, 5.41) is 37.4. The second-order valence-electron chi connectivity index (χ2n) is 5.50. The van der Waals surface area contributed by atoms with Crippen molar-refractivity contribution in [2.45, 2.75) is 12.2 Å². The van der Waals surface area contributed by atoms with E-state index in [1.807, 2.05) is 0 Å². The standard InChI is InChI=1S/C18H16O7/c19-9-16-18(11-3-4-12(20)13(21)8-11)25-14-5-1-10(2-6-17(22)23)7-15(14)24-16/h1-8,16,18-21H,9H2,(H,22,23)/t16-,18-/m0/s1. The van der Waals surface area contributed by atoms with Crippen molar-refractivity contribution in [2.24, 2.45) is 0 Å². The third kappa shape index (κ3) is 3.51. The number of carboxylic acids is 1. The van der Waals surface area contributed by atoms with E-state index in [1.54, 1.807) is 24.3 Å². The molecule has 0 saturated heterocycles. The maximum Gasteiger partial charge on any atom is 0.328 e. The highest BCUT2D eigenvalue weighted by Crippen LogP contribution is 2.41. The molecule has 7 heteroatoms. The highest BCUT2D eigenvalue weighted by molar-refractivity contribution is 5.85. The lowest BCUT2D eigenvalue weighted by Crippen LogP contribution is -2.36. The Kier molecular flexibility index (Phi) is 4.49. The second kappa shape index (κ2) is 6.74. The molecule has 1 aliphatic rings. The number of aromatic hydroxyl groups is 2. The first kappa shape index (κ1) is 16.7. The number of rotatable bonds is 4. The van der Waals surface area contributed by atoms with Crippen LogP contribution in [0.5, 0.6) is 23.0 Å². The predicted molar refractivity (Wildman–Crippen MR) is 87.8 cm³/mol. The van der Waals surface area contributed by atoms with E-state index in [9.17, 15) is 20.1 Å². The summed E-state index contributed by atoms with van der Waals surface area (Å²) in [4.78, 5) is 10.6. The molecule has 0 spiro atoms. The molecule has 0 bridgehead atoms. The number of aliphatic hydroxyl groups is 1. The van der Waals surface area contributed by atoms with Gasteiger partial charge in [0.05, 0.1) is 6.61 Å². The molecule has 1 aliphatic heterocycles. The van der Waals surface area contributed by atoms with Gasteiger partial charge >= 0.3 is 5.97 Å². The van der Waals surface area contributed by atoms with E-state index < -0.39 is 18.2 Å². The van der Waals surface area contributed by atoms with Gasteiger partial charge in [0.1, 0.15) is 0 Å². The maximum atomic E-state index is 10.6. The van der Waals surface area contributed by atoms with Crippen LogP contribution >= 0.6 is 0 Å². The average molecular weight is 344 g/mol. The van der Waals surface area contributed by atoms with Gasteiger partial charge in [0, 0.05) is 11.6 Å². The number of hydrogen-bond acceptors (Lipinski definition) is 6. The number of hydrogen-bond donors (Lipinski definition) is 4. The van der Waals surface area contributed by atoms with Gasteiger partial charge in [-0.05, 0) is 35.9 Å². The molecule has 0 fully saturated rings. The second-order valence-corrected chi connectivity index (χ2v) is 5.50. The molecular formula is C18H16O7. The molecule has 2 atom stereocenters. The van der Waals surface area contributed by atoms with E-state index in [2.05, 4.69) is 0 Å². The zero-order valence-corrected chi connectivity index (χ0v) is 13.0. The van der Waals surface area contributed by atoms with Crippen LogP contribution in [0, 0.1) is 0 Å². The zero-order valence-electron chi connectivity index (χ0n) is 13.0. The lowest BCUT2D eigenvalue weighted by Gasteiger charge is -2.33. The van der Waals surface area contributed by atoms with Crippen LogP contribution in [0.4, 0.5) is 0 Å². The fraction of sp³-hybridized carbons (Fsp3) is 0.167. The minimum Gasteiger partial charge on any atom is -0.504 e. The third-order valence-corrected chi connectivity index (χ3v) is 3.76. The zero-order chi connectivity index (χ0) is 18.0. The lowest BCUT2D eigenvalue weighted by molar-refractivity contribution is -0.131. The molecule has 0 aromatic heterocycles. The first-order chi connectivity index (χ1) is 12.0. The van der Waals surface area contributed by atoms with Crippen molar-refractivity contribution in [3.05, 3.63) is 53.6 Å². The predicted octanol–water partition coefficient (Wildman–Crippen LogP) is 2.07. The van der Waals surface area contributed by atoms with Crippen LogP contribution in [-0.4, -0.2) is 39.1 Å². The first-order valence-electron chi connectivity index (χ1n) is 7.49. The number of carboxylic acid groups (broad SMARTS) is 1. The molecule has 0 saturated carbocycles. The van der Waals surface area contributed by atoms with Crippen LogP contribution in [0.1, 0.15) is 17.2 Å². The van der Waals surface area contributed by atoms with Crippen molar-refractivity contribution in [1.29, 1.82) is 0 Å². The van der Waals surface area contributed by atoms with Gasteiger partial charge in [-0.25, -0.2) is 4.79 Å². The van der Waals surface area contributed by atoms with E-state index in [4.69, 9.17) is 14.6 Å². The summed E-state index contributed by atoms with van der Waals surface area (Å²) in [6.07, 6.45) is 1.03. The van der Waals surface area contributed by atoms with Gasteiger partial charge < -0.3 is 29.9 Å². The molecule has 4 N–H and O–H groups in total. The van der Waals surface area contributed by atoms with E-state index in [-0.39, 0.29) is 18.1 Å². The Labute approximate surface area is 143 Å². The van der Waals surface area contributed by atoms with Gasteiger partial charge in [-0.15, -0.1) is 0 Å². The summed E-state index contributed by atoms with van der Waals surface area (Å²) in [7, 11) is 0. The van der Waals surface area contributed by atoms with Gasteiger partial charge in [-0.2, -0.15) is 0 Å². The third-order valence-electron chi connectivity index (χ3n) is 3.76. The Balaban J connectivity index is 1.91. The summed E-state index contributed by atoms with van der Waals surface area (Å²) < 4.78 is 11.6. The molecule has 2 aromatic carbocycles. The number of aliphatic carboxylic acids is 1. The van der Waals surface area contributed by atoms with Crippen LogP contribution < -0.4 is 9.47 Å². The highest BCUT2D eigenvalue weighted by Gasteiger charge is 2.33. The number of carbonyl (C=O) groups is 1. The van der Waals surface area contributed by atoms with Crippen LogP contribution in [0.2, 0.25) is 0 Å². The van der Waals surface area contributed by atoms with Gasteiger partial charge in [0.25, 0.3) is 0 Å². The maximum absolute atomic E-state index is 10.6. The smallest absolute Gasteiger partial charge is 0.328 e. The van der Waals surface area contributed by atoms with E-state index in [0.29, 0.717) is 22.6 Å². The van der Waals surface area contributed by atoms with E-state index in [1.165, 1.54) is 18.2 Å². The Morgan fingerprint density at radius 2 is 1.84 bits per heavy atom. The molecule has 3 rings (SSSR count). The minimum absolute atomic E-state index is 0.253. The molecule has 0 radical (unpaired) electrons. The van der Waals surface area contributed by atoms with Crippen LogP contribution in [0.3, 0.4) is 0 Å². The Morgan fingerprint density at radius 3 is 2.52 bits per heavy atom. The summed E-state index contributed by atoms with van der Waals surface area (Å²) in [6, 6.07) is 9.17. The fourth-order valence-corrected chi connectivity index (χ4v) is 2.56. The molecule has 0 unspecified atom stereocenters. The number of phenolic OH excluding ortho intramolecular Hbond substituents is 2. The van der Waals surface area contributed by atoms with Gasteiger partial charge in [0.15, 0.2) is 35.2 Å². The summed E-state index contributed by atoms with van der Waals surface area (Å²) in [5.74, 6) is -0.801. The molecular weight excluding hydrogens is 328 g/mol. The largest absolute Gasteiger partial charge is 0.504 e. The Morgan fingerprint density at radius 1 is 1.04 bits per heavy atom. The number of fused-ring (bicyclic) bond motifs is 1. The monoisotopic (exact) mass is 344 g/mol. The van der Waals surface area contributed by atoms with Crippen molar-refractivity contribution < 1.29 is 34.7 Å². The number of ether oxygens (including phenoxy) is 2. The Bertz CT molecular complexity index is 828. The molecule has 0 aliphatic carbocycles. The van der Waals surface area contributed by atoms with Gasteiger partial charge in [-0.1, -0.05) is 12.1 Å². The normalized spacial score (nSPS) is 19.1. The summed E-state index contributed by atoms with van der Waals surface area (Å²) in [6.45, 7) is -0.332. The SMILES string of the molecule is O=C(O)C=Cc1ccc2c(c1)O[C@@H](CO)[C@H](c1ccc(O)c(O)c1)O2. The van der Waals surface area contributed by atoms with Crippen LogP contribution in [0.15, 0.2) is 42.5 Å². The molecule has 25 heavy (non-hydrogen) atoms. The van der Waals surface area contributed by atoms with Crippen molar-refractivity contribution in [2.75, 3.05) is 6.61 Å². The summed E-state index contributed by atoms with van der Waals surface area (Å²) in [5.41, 5.74) is 1.15. The molecule has 130 valence electrons. The quantitative estimate of drug-likeness (QED) is 0.495. The van der Waals surface area contributed by atoms with Crippen molar-refractivity contribution in [3.8, 4) is 23.0 Å². The summed E-state index contributed by atoms with van der Waals surface area (Å²) >= 11 is 0. The number of aliphatic hydroxyl groups excluding tert-OH is 1. The molecule has 7 nitrogen and oxygen atoms in total. The van der Waals surface area contributed by atoms with Crippen molar-refractivity contribution in [3.63, 3.8) is 0 Å². The first-order valence-corrected chi connectivity index (χ1v) is 7.49. The van der Waals surface area contributed by atoms with Gasteiger partial charge in [0.2, 0.25) is 0 Å². The Hall–Kier alpha value is -3.19. The van der Waals surface area contributed by atoms with Crippen molar-refractivity contribution in [1.82, 2.24) is 0 Å². The van der Waals surface area contributed by atoms with Crippen molar-refractivity contribution >= 4 is 12.0 Å². The van der Waals surface area contributed by atoms with Gasteiger partial charge in [-0.3, -0.25) is 0 Å². The van der Waals surface area contributed by atoms with E-state index >= 15 is 0 Å². The van der Waals surface area contributed by atoms with E-state index in [0.717, 1.165) is 6.08 Å². The van der Waals surface area contributed by atoms with Crippen LogP contribution in [0.25, 0.3) is 6.08 Å².